The summed E-state index contributed by atoms with van der Waals surface area (Å²) in [4.78, 5) is 14.6. The number of nitrogens with one attached hydrogen (secondary N) is 1. The van der Waals surface area contributed by atoms with Gasteiger partial charge in [-0.25, -0.2) is 8.42 Å². The molecule has 1 aliphatic rings. The van der Waals surface area contributed by atoms with E-state index in [-0.39, 0.29) is 10.8 Å². The van der Waals surface area contributed by atoms with Crippen molar-refractivity contribution in [2.75, 3.05) is 17.8 Å². The molecule has 138 valence electrons. The van der Waals surface area contributed by atoms with E-state index in [2.05, 4.69) is 11.6 Å². The lowest BCUT2D eigenvalue weighted by Crippen LogP contribution is -2.39. The molecule has 2 aromatic rings. The van der Waals surface area contributed by atoms with Gasteiger partial charge in [0.05, 0.1) is 4.90 Å². The number of aryl methyl sites for hydroxylation is 1. The molecule has 0 spiro atoms. The summed E-state index contributed by atoms with van der Waals surface area (Å²) in [6.07, 6.45) is 2.11. The number of benzene rings is 2. The molecule has 0 bridgehead atoms. The Morgan fingerprint density at radius 2 is 1.92 bits per heavy atom. The number of likely N-dealkylation sites (tertiary alicyclic amines) is 1. The van der Waals surface area contributed by atoms with Crippen molar-refractivity contribution in [3.63, 3.8) is 0 Å². The zero-order valence-corrected chi connectivity index (χ0v) is 15.9. The molecule has 1 amide bonds. The number of piperidine rings is 1. The molecule has 2 aromatic carbocycles. The lowest BCUT2D eigenvalue weighted by molar-refractivity contribution is 0.0683. The van der Waals surface area contributed by atoms with E-state index in [0.29, 0.717) is 17.2 Å². The van der Waals surface area contributed by atoms with Crippen LogP contribution in [0.4, 0.5) is 5.69 Å². The van der Waals surface area contributed by atoms with E-state index >= 15 is 0 Å². The molecular weight excluding hydrogens is 348 g/mol. The second-order valence-corrected chi connectivity index (χ2v) is 8.68. The average Bonchev–Trinajstić information content (AvgIpc) is 2.61. The molecule has 1 unspecified atom stereocenters. The minimum Gasteiger partial charge on any atom is -0.338 e. The lowest BCUT2D eigenvalue weighted by atomic mass is 9.99. The Kier molecular flexibility index (Phi) is 5.32. The molecule has 5 nitrogen and oxygen atoms in total. The quantitative estimate of drug-likeness (QED) is 0.890. The molecule has 1 heterocycles. The third-order valence-corrected chi connectivity index (χ3v) is 5.98. The Morgan fingerprint density at radius 1 is 1.15 bits per heavy atom. The van der Waals surface area contributed by atoms with Crippen molar-refractivity contribution in [3.8, 4) is 0 Å². The summed E-state index contributed by atoms with van der Waals surface area (Å²) in [5, 5.41) is 0. The summed E-state index contributed by atoms with van der Waals surface area (Å²) in [5.41, 5.74) is 1.88. The van der Waals surface area contributed by atoms with Crippen molar-refractivity contribution in [1.82, 2.24) is 4.90 Å². The molecule has 1 fully saturated rings. The fourth-order valence-corrected chi connectivity index (χ4v) is 4.37. The molecule has 0 aliphatic carbocycles. The number of nitrogens with zero attached hydrogens (tertiary/aromatic N) is 1. The molecule has 1 N–H and O–H groups in total. The Labute approximate surface area is 155 Å². The van der Waals surface area contributed by atoms with Gasteiger partial charge >= 0.3 is 0 Å². The number of amides is 1. The molecule has 26 heavy (non-hydrogen) atoms. The van der Waals surface area contributed by atoms with Crippen molar-refractivity contribution in [3.05, 3.63) is 59.7 Å². The van der Waals surface area contributed by atoms with Gasteiger partial charge in [-0.3, -0.25) is 9.52 Å². The van der Waals surface area contributed by atoms with Gasteiger partial charge < -0.3 is 4.90 Å². The Balaban J connectivity index is 1.83. The summed E-state index contributed by atoms with van der Waals surface area (Å²) in [7, 11) is -3.75. The van der Waals surface area contributed by atoms with Gasteiger partial charge in [-0.15, -0.1) is 0 Å². The highest BCUT2D eigenvalue weighted by Gasteiger charge is 2.23. The van der Waals surface area contributed by atoms with Crippen molar-refractivity contribution in [2.45, 2.75) is 31.6 Å². The molecule has 3 rings (SSSR count). The fraction of sp³-hybridized carbons (Fsp3) is 0.350. The molecule has 1 atom stereocenters. The molecule has 1 aliphatic heterocycles. The van der Waals surface area contributed by atoms with Gasteiger partial charge in [0.15, 0.2) is 0 Å². The third kappa shape index (κ3) is 4.25. The van der Waals surface area contributed by atoms with Crippen LogP contribution in [0.25, 0.3) is 0 Å². The van der Waals surface area contributed by atoms with Crippen LogP contribution in [0, 0.1) is 12.8 Å². The van der Waals surface area contributed by atoms with Gasteiger partial charge in [0.2, 0.25) is 0 Å². The maximum absolute atomic E-state index is 12.7. The standard InChI is InChI=1S/C20H24N2O3S/c1-15-6-3-9-18(12-15)21-26(24,25)19-10-4-8-17(13-19)20(23)22-11-5-7-16(2)14-22/h3-4,6,8-10,12-13,16,21H,5,7,11,14H2,1-2H3. The minimum atomic E-state index is -3.75. The molecule has 0 saturated carbocycles. The molecule has 0 radical (unpaired) electrons. The normalized spacial score (nSPS) is 17.8. The summed E-state index contributed by atoms with van der Waals surface area (Å²) in [5.74, 6) is 0.367. The first-order chi connectivity index (χ1) is 12.3. The topological polar surface area (TPSA) is 66.5 Å². The zero-order chi connectivity index (χ0) is 18.7. The summed E-state index contributed by atoms with van der Waals surface area (Å²) in [6, 6.07) is 13.4. The first kappa shape index (κ1) is 18.5. The smallest absolute Gasteiger partial charge is 0.261 e. The average molecular weight is 372 g/mol. The highest BCUT2D eigenvalue weighted by atomic mass is 32.2. The first-order valence-electron chi connectivity index (χ1n) is 8.84. The summed E-state index contributed by atoms with van der Waals surface area (Å²) in [6.45, 7) is 5.47. The number of carbonyl (C=O) groups excluding carboxylic acids is 1. The predicted molar refractivity (Wildman–Crippen MR) is 103 cm³/mol. The molecule has 0 aromatic heterocycles. The van der Waals surface area contributed by atoms with E-state index in [1.54, 1.807) is 30.3 Å². The van der Waals surface area contributed by atoms with E-state index < -0.39 is 10.0 Å². The summed E-state index contributed by atoms with van der Waals surface area (Å²) < 4.78 is 27.9. The number of hydrogen-bond acceptors (Lipinski definition) is 3. The fourth-order valence-electron chi connectivity index (χ4n) is 3.28. The van der Waals surface area contributed by atoms with Crippen LogP contribution in [-0.4, -0.2) is 32.3 Å². The van der Waals surface area contributed by atoms with Crippen LogP contribution in [0.1, 0.15) is 35.7 Å². The minimum absolute atomic E-state index is 0.0925. The van der Waals surface area contributed by atoms with Crippen LogP contribution >= 0.6 is 0 Å². The van der Waals surface area contributed by atoms with Crippen molar-refractivity contribution in [2.24, 2.45) is 5.92 Å². The van der Waals surface area contributed by atoms with Gasteiger partial charge in [-0.2, -0.15) is 0 Å². The van der Waals surface area contributed by atoms with E-state index in [9.17, 15) is 13.2 Å². The Morgan fingerprint density at radius 3 is 2.65 bits per heavy atom. The number of sulfonamides is 1. The molecule has 1 saturated heterocycles. The second kappa shape index (κ2) is 7.50. The summed E-state index contributed by atoms with van der Waals surface area (Å²) >= 11 is 0. The van der Waals surface area contributed by atoms with E-state index in [1.165, 1.54) is 12.1 Å². The second-order valence-electron chi connectivity index (χ2n) is 7.00. The number of anilines is 1. The SMILES string of the molecule is Cc1cccc(NS(=O)(=O)c2cccc(C(=O)N3CCCC(C)C3)c2)c1. The van der Waals surface area contributed by atoms with Gasteiger partial charge in [0, 0.05) is 24.3 Å². The van der Waals surface area contributed by atoms with Crippen molar-refractivity contribution < 1.29 is 13.2 Å². The van der Waals surface area contributed by atoms with Crippen LogP contribution in [-0.2, 0) is 10.0 Å². The van der Waals surface area contributed by atoms with Gasteiger partial charge in [-0.1, -0.05) is 25.1 Å². The molecular formula is C20H24N2O3S. The number of carbonyl (C=O) groups is 1. The first-order valence-corrected chi connectivity index (χ1v) is 10.3. The highest BCUT2D eigenvalue weighted by molar-refractivity contribution is 7.92. The van der Waals surface area contributed by atoms with Crippen LogP contribution in [0.3, 0.4) is 0 Å². The predicted octanol–water partition coefficient (Wildman–Crippen LogP) is 3.67. The number of rotatable bonds is 4. The maximum atomic E-state index is 12.7. The third-order valence-electron chi connectivity index (χ3n) is 4.61. The van der Waals surface area contributed by atoms with Crippen LogP contribution in [0.5, 0.6) is 0 Å². The van der Waals surface area contributed by atoms with Gasteiger partial charge in [-0.05, 0) is 61.6 Å². The van der Waals surface area contributed by atoms with Crippen molar-refractivity contribution in [1.29, 1.82) is 0 Å². The van der Waals surface area contributed by atoms with E-state index in [0.717, 1.165) is 31.5 Å². The van der Waals surface area contributed by atoms with Crippen molar-refractivity contribution >= 4 is 21.6 Å². The van der Waals surface area contributed by atoms with Crippen LogP contribution in [0.15, 0.2) is 53.4 Å². The Hall–Kier alpha value is -2.34. The van der Waals surface area contributed by atoms with E-state index in [1.807, 2.05) is 17.9 Å². The van der Waals surface area contributed by atoms with Crippen LogP contribution < -0.4 is 4.72 Å². The van der Waals surface area contributed by atoms with E-state index in [4.69, 9.17) is 0 Å². The largest absolute Gasteiger partial charge is 0.338 e. The molecule has 6 heteroatoms. The zero-order valence-electron chi connectivity index (χ0n) is 15.1. The van der Waals surface area contributed by atoms with Gasteiger partial charge in [0.25, 0.3) is 15.9 Å². The highest BCUT2D eigenvalue weighted by Crippen LogP contribution is 2.21. The monoisotopic (exact) mass is 372 g/mol. The van der Waals surface area contributed by atoms with Gasteiger partial charge in [0.1, 0.15) is 0 Å². The van der Waals surface area contributed by atoms with Crippen LogP contribution in [0.2, 0.25) is 0 Å². The number of hydrogen-bond donors (Lipinski definition) is 1. The lowest BCUT2D eigenvalue weighted by Gasteiger charge is -2.31. The maximum Gasteiger partial charge on any atom is 0.261 e. The Bertz CT molecular complexity index is 909.